The highest BCUT2D eigenvalue weighted by atomic mass is 32.2. The van der Waals surface area contributed by atoms with E-state index in [1.54, 1.807) is 6.07 Å². The second kappa shape index (κ2) is 6.45. The molecule has 9 heteroatoms. The first kappa shape index (κ1) is 17.4. The van der Waals surface area contributed by atoms with Gasteiger partial charge in [-0.15, -0.1) is 0 Å². The number of benzene rings is 3. The lowest BCUT2D eigenvalue weighted by molar-refractivity contribution is -0.383. The van der Waals surface area contributed by atoms with Crippen LogP contribution in [0.5, 0.6) is 0 Å². The number of nitrogens with one attached hydrogen (secondary N) is 1. The topological polar surface area (TPSA) is 127 Å². The number of nitrogens with zero attached hydrogens (tertiary/aromatic N) is 1. The van der Waals surface area contributed by atoms with Crippen molar-refractivity contribution in [1.29, 1.82) is 0 Å². The van der Waals surface area contributed by atoms with E-state index in [2.05, 4.69) is 4.72 Å². The fourth-order valence-corrected chi connectivity index (χ4v) is 3.67. The number of nitro groups is 1. The second-order valence-corrected chi connectivity index (χ2v) is 7.06. The summed E-state index contributed by atoms with van der Waals surface area (Å²) in [6.07, 6.45) is 0. The third-order valence-electron chi connectivity index (χ3n) is 3.73. The Morgan fingerprint density at radius 3 is 2.35 bits per heavy atom. The minimum atomic E-state index is -4.08. The predicted molar refractivity (Wildman–Crippen MR) is 94.8 cm³/mol. The average Bonchev–Trinajstić information content (AvgIpc) is 2.61. The van der Waals surface area contributed by atoms with Gasteiger partial charge < -0.3 is 5.11 Å². The monoisotopic (exact) mass is 372 g/mol. The lowest BCUT2D eigenvalue weighted by Crippen LogP contribution is -2.14. The number of non-ortho nitro benzene ring substituents is 1. The van der Waals surface area contributed by atoms with Crippen LogP contribution in [0, 0.1) is 10.1 Å². The summed E-state index contributed by atoms with van der Waals surface area (Å²) in [7, 11) is -4.08. The van der Waals surface area contributed by atoms with Crippen molar-refractivity contribution in [2.24, 2.45) is 0 Å². The number of hydrogen-bond acceptors (Lipinski definition) is 5. The minimum Gasteiger partial charge on any atom is -0.478 e. The molecular formula is C17H12N2O6S. The molecule has 8 nitrogen and oxygen atoms in total. The molecule has 26 heavy (non-hydrogen) atoms. The van der Waals surface area contributed by atoms with E-state index >= 15 is 0 Å². The number of hydrogen-bond donors (Lipinski definition) is 2. The van der Waals surface area contributed by atoms with Gasteiger partial charge in [-0.1, -0.05) is 24.3 Å². The maximum Gasteiger partial charge on any atom is 0.335 e. The molecule has 0 aromatic heterocycles. The van der Waals surface area contributed by atoms with E-state index in [9.17, 15) is 23.3 Å². The van der Waals surface area contributed by atoms with Gasteiger partial charge in [0.1, 0.15) is 0 Å². The van der Waals surface area contributed by atoms with Crippen molar-refractivity contribution in [2.45, 2.75) is 4.90 Å². The maximum atomic E-state index is 12.6. The van der Waals surface area contributed by atoms with E-state index in [4.69, 9.17) is 5.11 Å². The molecule has 0 aliphatic heterocycles. The van der Waals surface area contributed by atoms with Crippen LogP contribution in [0.4, 0.5) is 11.4 Å². The number of aromatic carboxylic acids is 1. The maximum absolute atomic E-state index is 12.6. The van der Waals surface area contributed by atoms with Crippen molar-refractivity contribution in [3.05, 3.63) is 76.3 Å². The van der Waals surface area contributed by atoms with Crippen LogP contribution in [0.25, 0.3) is 10.8 Å². The van der Waals surface area contributed by atoms with E-state index < -0.39 is 20.9 Å². The molecule has 0 saturated heterocycles. The van der Waals surface area contributed by atoms with Gasteiger partial charge in [0.25, 0.3) is 15.7 Å². The average molecular weight is 372 g/mol. The highest BCUT2D eigenvalue weighted by Gasteiger charge is 2.19. The zero-order valence-electron chi connectivity index (χ0n) is 13.1. The van der Waals surface area contributed by atoms with E-state index in [0.717, 1.165) is 6.07 Å². The SMILES string of the molecule is O=C(O)c1cccc(S(=O)(=O)Nc2cccc3c([N+](=O)[O-])cccc23)c1. The van der Waals surface area contributed by atoms with Crippen molar-refractivity contribution in [3.63, 3.8) is 0 Å². The summed E-state index contributed by atoms with van der Waals surface area (Å²) in [4.78, 5) is 21.4. The fourth-order valence-electron chi connectivity index (χ4n) is 2.54. The smallest absolute Gasteiger partial charge is 0.335 e. The summed E-state index contributed by atoms with van der Waals surface area (Å²) in [5, 5.41) is 20.8. The van der Waals surface area contributed by atoms with E-state index in [1.807, 2.05) is 0 Å². The molecular weight excluding hydrogens is 360 g/mol. The largest absolute Gasteiger partial charge is 0.478 e. The third-order valence-corrected chi connectivity index (χ3v) is 5.09. The molecule has 0 saturated carbocycles. The Morgan fingerprint density at radius 2 is 1.65 bits per heavy atom. The Balaban J connectivity index is 2.09. The van der Waals surface area contributed by atoms with Crippen molar-refractivity contribution < 1.29 is 23.2 Å². The molecule has 0 unspecified atom stereocenters. The number of anilines is 1. The van der Waals surface area contributed by atoms with Gasteiger partial charge in [-0.05, 0) is 30.3 Å². The van der Waals surface area contributed by atoms with Crippen LogP contribution >= 0.6 is 0 Å². The zero-order chi connectivity index (χ0) is 18.9. The molecule has 0 aliphatic carbocycles. The second-order valence-electron chi connectivity index (χ2n) is 5.37. The van der Waals surface area contributed by atoms with Crippen LogP contribution in [0.2, 0.25) is 0 Å². The van der Waals surface area contributed by atoms with Crippen LogP contribution in [-0.2, 0) is 10.0 Å². The van der Waals surface area contributed by atoms with Gasteiger partial charge in [0.2, 0.25) is 0 Å². The quantitative estimate of drug-likeness (QED) is 0.523. The normalized spacial score (nSPS) is 11.2. The Morgan fingerprint density at radius 1 is 1.00 bits per heavy atom. The van der Waals surface area contributed by atoms with Gasteiger partial charge in [-0.25, -0.2) is 13.2 Å². The van der Waals surface area contributed by atoms with Crippen molar-refractivity contribution in [2.75, 3.05) is 4.72 Å². The van der Waals surface area contributed by atoms with E-state index in [-0.39, 0.29) is 27.2 Å². The Bertz CT molecular complexity index is 1140. The number of sulfonamides is 1. The van der Waals surface area contributed by atoms with Crippen molar-refractivity contribution in [3.8, 4) is 0 Å². The van der Waals surface area contributed by atoms with Crippen LogP contribution in [0.1, 0.15) is 10.4 Å². The van der Waals surface area contributed by atoms with Crippen LogP contribution < -0.4 is 4.72 Å². The number of rotatable bonds is 5. The summed E-state index contributed by atoms with van der Waals surface area (Å²) >= 11 is 0. The molecule has 0 atom stereocenters. The molecule has 0 heterocycles. The standard InChI is InChI=1S/C17H12N2O6S/c20-17(21)11-4-1-5-12(10-11)26(24,25)18-15-8-2-7-14-13(15)6-3-9-16(14)19(22)23/h1-10,18H,(H,20,21). The summed E-state index contributed by atoms with van der Waals surface area (Å²) < 4.78 is 27.6. The molecule has 3 rings (SSSR count). The van der Waals surface area contributed by atoms with Gasteiger partial charge >= 0.3 is 5.97 Å². The van der Waals surface area contributed by atoms with Gasteiger partial charge in [-0.2, -0.15) is 0 Å². The molecule has 3 aromatic rings. The third kappa shape index (κ3) is 3.20. The van der Waals surface area contributed by atoms with E-state index in [0.29, 0.717) is 5.39 Å². The first-order chi connectivity index (χ1) is 12.3. The number of fused-ring (bicyclic) bond motifs is 1. The lowest BCUT2D eigenvalue weighted by Gasteiger charge is -2.11. The first-order valence-electron chi connectivity index (χ1n) is 7.32. The predicted octanol–water partition coefficient (Wildman–Crippen LogP) is 3.25. The molecule has 2 N–H and O–H groups in total. The minimum absolute atomic E-state index is 0.142. The van der Waals surface area contributed by atoms with Crippen LogP contribution in [0.3, 0.4) is 0 Å². The summed E-state index contributed by atoms with van der Waals surface area (Å²) in [6, 6.07) is 13.8. The summed E-state index contributed by atoms with van der Waals surface area (Å²) in [6.45, 7) is 0. The van der Waals surface area contributed by atoms with Gasteiger partial charge in [0, 0.05) is 11.5 Å². The number of carboxylic acid groups (broad SMARTS) is 1. The number of nitro benzene ring substituents is 1. The summed E-state index contributed by atoms with van der Waals surface area (Å²) in [5.41, 5.74) is -0.148. The molecule has 0 radical (unpaired) electrons. The summed E-state index contributed by atoms with van der Waals surface area (Å²) in [5.74, 6) is -1.25. The highest BCUT2D eigenvalue weighted by molar-refractivity contribution is 7.92. The number of carbonyl (C=O) groups is 1. The van der Waals surface area contributed by atoms with Crippen LogP contribution in [0.15, 0.2) is 65.6 Å². The molecule has 0 spiro atoms. The van der Waals surface area contributed by atoms with Crippen molar-refractivity contribution in [1.82, 2.24) is 0 Å². The van der Waals surface area contributed by atoms with Crippen LogP contribution in [-0.4, -0.2) is 24.4 Å². The Labute approximate surface area is 147 Å². The molecule has 3 aromatic carbocycles. The number of carboxylic acids is 1. The fraction of sp³-hybridized carbons (Fsp3) is 0. The van der Waals surface area contributed by atoms with E-state index in [1.165, 1.54) is 48.5 Å². The Kier molecular flexibility index (Phi) is 4.31. The highest BCUT2D eigenvalue weighted by Crippen LogP contribution is 2.31. The Hall–Kier alpha value is -3.46. The van der Waals surface area contributed by atoms with Crippen molar-refractivity contribution >= 4 is 38.1 Å². The molecule has 0 bridgehead atoms. The molecule has 0 amide bonds. The first-order valence-corrected chi connectivity index (χ1v) is 8.80. The lowest BCUT2D eigenvalue weighted by atomic mass is 10.1. The molecule has 0 fully saturated rings. The van der Waals surface area contributed by atoms with Gasteiger partial charge in [0.15, 0.2) is 0 Å². The van der Waals surface area contributed by atoms with Gasteiger partial charge in [0.05, 0.1) is 26.5 Å². The molecule has 132 valence electrons. The van der Waals surface area contributed by atoms with Gasteiger partial charge in [-0.3, -0.25) is 14.8 Å². The zero-order valence-corrected chi connectivity index (χ0v) is 13.9. The molecule has 0 aliphatic rings.